The molecule has 4 nitrogen and oxygen atoms in total. The van der Waals surface area contributed by atoms with Crippen LogP contribution in [-0.4, -0.2) is 28.8 Å². The minimum atomic E-state index is -1.13. The van der Waals surface area contributed by atoms with Gasteiger partial charge in [-0.1, -0.05) is 17.7 Å². The number of carbonyl (C=O) groups excluding carboxylic acids is 2. The minimum absolute atomic E-state index is 0.0223. The van der Waals surface area contributed by atoms with Gasteiger partial charge in [-0.05, 0) is 31.9 Å². The molecule has 0 aliphatic carbocycles. The fourth-order valence-electron chi connectivity index (χ4n) is 2.61. The van der Waals surface area contributed by atoms with Gasteiger partial charge >= 0.3 is 0 Å². The molecule has 7 heteroatoms. The second kappa shape index (κ2) is 6.60. The zero-order valence-corrected chi connectivity index (χ0v) is 13.1. The van der Waals surface area contributed by atoms with E-state index in [4.69, 9.17) is 11.6 Å². The van der Waals surface area contributed by atoms with Crippen LogP contribution in [0, 0.1) is 11.6 Å². The maximum Gasteiger partial charge on any atom is 0.243 e. The van der Waals surface area contributed by atoms with Gasteiger partial charge in [0.25, 0.3) is 0 Å². The molecule has 1 atom stereocenters. The van der Waals surface area contributed by atoms with Crippen LogP contribution in [0.3, 0.4) is 0 Å². The van der Waals surface area contributed by atoms with Gasteiger partial charge in [0.15, 0.2) is 11.6 Å². The standard InChI is InChI=1S/C15H17ClF2N2O2/c1-8(2)20-11(5-6-12(20)21)15(22)19-7-9-3-4-10(17)14(18)13(9)16/h3-4,8,11H,5-7H2,1-2H3,(H,19,22)/t11-/m0/s1. The van der Waals surface area contributed by atoms with Gasteiger partial charge in [0.05, 0.1) is 5.02 Å². The molecule has 1 aromatic rings. The predicted octanol–water partition coefficient (Wildman–Crippen LogP) is 2.63. The average molecular weight is 331 g/mol. The summed E-state index contributed by atoms with van der Waals surface area (Å²) in [5.41, 5.74) is 0.286. The van der Waals surface area contributed by atoms with Gasteiger partial charge in [-0.15, -0.1) is 0 Å². The number of benzene rings is 1. The van der Waals surface area contributed by atoms with Crippen LogP contribution in [0.1, 0.15) is 32.3 Å². The number of hydrogen-bond donors (Lipinski definition) is 1. The molecule has 0 unspecified atom stereocenters. The van der Waals surface area contributed by atoms with E-state index in [-0.39, 0.29) is 35.0 Å². The molecule has 1 fully saturated rings. The summed E-state index contributed by atoms with van der Waals surface area (Å²) in [6, 6.07) is 1.68. The van der Waals surface area contributed by atoms with Crippen molar-refractivity contribution in [3.63, 3.8) is 0 Å². The number of hydrogen-bond acceptors (Lipinski definition) is 2. The topological polar surface area (TPSA) is 49.4 Å². The number of nitrogens with one attached hydrogen (secondary N) is 1. The maximum absolute atomic E-state index is 13.4. The Morgan fingerprint density at radius 1 is 1.45 bits per heavy atom. The summed E-state index contributed by atoms with van der Waals surface area (Å²) in [4.78, 5) is 25.5. The van der Waals surface area contributed by atoms with Crippen molar-refractivity contribution in [1.29, 1.82) is 0 Å². The highest BCUT2D eigenvalue weighted by Gasteiger charge is 2.37. The van der Waals surface area contributed by atoms with Crippen LogP contribution in [0.2, 0.25) is 5.02 Å². The van der Waals surface area contributed by atoms with Crippen molar-refractivity contribution in [2.45, 2.75) is 45.3 Å². The number of rotatable bonds is 4. The van der Waals surface area contributed by atoms with Gasteiger partial charge in [0, 0.05) is 19.0 Å². The third-order valence-corrected chi connectivity index (χ3v) is 4.09. The van der Waals surface area contributed by atoms with E-state index in [0.29, 0.717) is 12.8 Å². The van der Waals surface area contributed by atoms with Crippen LogP contribution in [0.15, 0.2) is 12.1 Å². The van der Waals surface area contributed by atoms with E-state index in [1.807, 2.05) is 13.8 Å². The predicted molar refractivity (Wildman–Crippen MR) is 78.2 cm³/mol. The van der Waals surface area contributed by atoms with E-state index in [1.165, 1.54) is 6.07 Å². The molecule has 1 N–H and O–H groups in total. The number of halogens is 3. The van der Waals surface area contributed by atoms with Crippen molar-refractivity contribution in [2.24, 2.45) is 0 Å². The average Bonchev–Trinajstić information content (AvgIpc) is 2.86. The Kier molecular flexibility index (Phi) is 5.01. The summed E-state index contributed by atoms with van der Waals surface area (Å²) in [7, 11) is 0. The molecular formula is C15H17ClF2N2O2. The molecule has 1 saturated heterocycles. The molecule has 0 saturated carbocycles. The molecule has 0 spiro atoms. The van der Waals surface area contributed by atoms with Crippen LogP contribution >= 0.6 is 11.6 Å². The monoisotopic (exact) mass is 330 g/mol. The second-order valence-corrected chi connectivity index (χ2v) is 5.88. The van der Waals surface area contributed by atoms with E-state index in [1.54, 1.807) is 4.90 Å². The fourth-order valence-corrected chi connectivity index (χ4v) is 2.83. The molecule has 2 amide bonds. The zero-order chi connectivity index (χ0) is 16.4. The molecule has 1 aromatic carbocycles. The lowest BCUT2D eigenvalue weighted by molar-refractivity contribution is -0.137. The molecule has 0 radical (unpaired) electrons. The summed E-state index contributed by atoms with van der Waals surface area (Å²) < 4.78 is 26.4. The Morgan fingerprint density at radius 2 is 2.14 bits per heavy atom. The van der Waals surface area contributed by atoms with E-state index >= 15 is 0 Å². The second-order valence-electron chi connectivity index (χ2n) is 5.50. The summed E-state index contributed by atoms with van der Waals surface area (Å²) in [5.74, 6) is -2.54. The number of likely N-dealkylation sites (tertiary alicyclic amines) is 1. The first-order chi connectivity index (χ1) is 10.3. The first kappa shape index (κ1) is 16.7. The first-order valence-electron chi connectivity index (χ1n) is 7.04. The van der Waals surface area contributed by atoms with Gasteiger partial charge in [0.1, 0.15) is 6.04 Å². The Bertz CT molecular complexity index is 607. The summed E-state index contributed by atoms with van der Waals surface area (Å²) in [6.45, 7) is 3.66. The molecule has 1 aliphatic rings. The molecule has 0 bridgehead atoms. The van der Waals surface area contributed by atoms with Crippen molar-refractivity contribution in [1.82, 2.24) is 10.2 Å². The molecule has 1 heterocycles. The first-order valence-corrected chi connectivity index (χ1v) is 7.42. The van der Waals surface area contributed by atoms with Gasteiger partial charge in [-0.3, -0.25) is 9.59 Å². The smallest absolute Gasteiger partial charge is 0.243 e. The third-order valence-electron chi connectivity index (χ3n) is 3.68. The van der Waals surface area contributed by atoms with Gasteiger partial charge < -0.3 is 10.2 Å². The quantitative estimate of drug-likeness (QED) is 0.863. The summed E-state index contributed by atoms with van der Waals surface area (Å²) in [6.07, 6.45) is 0.788. The highest BCUT2D eigenvalue weighted by Crippen LogP contribution is 2.24. The van der Waals surface area contributed by atoms with Crippen molar-refractivity contribution in [2.75, 3.05) is 0 Å². The SMILES string of the molecule is CC(C)N1C(=O)CC[C@H]1C(=O)NCc1ccc(F)c(F)c1Cl. The van der Waals surface area contributed by atoms with Crippen molar-refractivity contribution < 1.29 is 18.4 Å². The Hall–Kier alpha value is -1.69. The summed E-state index contributed by atoms with van der Waals surface area (Å²) in [5, 5.41) is 2.28. The van der Waals surface area contributed by atoms with E-state index in [2.05, 4.69) is 5.32 Å². The normalized spacial score (nSPS) is 18.2. The molecule has 22 heavy (non-hydrogen) atoms. The minimum Gasteiger partial charge on any atom is -0.350 e. The third kappa shape index (κ3) is 3.21. The fraction of sp³-hybridized carbons (Fsp3) is 0.467. The highest BCUT2D eigenvalue weighted by molar-refractivity contribution is 6.31. The van der Waals surface area contributed by atoms with Crippen LogP contribution in [0.25, 0.3) is 0 Å². The van der Waals surface area contributed by atoms with E-state index < -0.39 is 17.7 Å². The van der Waals surface area contributed by atoms with Crippen LogP contribution in [0.4, 0.5) is 8.78 Å². The van der Waals surface area contributed by atoms with Crippen molar-refractivity contribution in [3.8, 4) is 0 Å². The van der Waals surface area contributed by atoms with Gasteiger partial charge in [-0.25, -0.2) is 8.78 Å². The Labute approximate surface area is 132 Å². The molecule has 2 rings (SSSR count). The van der Waals surface area contributed by atoms with Crippen LogP contribution in [-0.2, 0) is 16.1 Å². The zero-order valence-electron chi connectivity index (χ0n) is 12.3. The molecule has 0 aromatic heterocycles. The molecule has 120 valence electrons. The lowest BCUT2D eigenvalue weighted by Gasteiger charge is -2.27. The lowest BCUT2D eigenvalue weighted by Crippen LogP contribution is -2.47. The van der Waals surface area contributed by atoms with Gasteiger partial charge in [0.2, 0.25) is 11.8 Å². The van der Waals surface area contributed by atoms with E-state index in [0.717, 1.165) is 6.07 Å². The van der Waals surface area contributed by atoms with Crippen molar-refractivity contribution in [3.05, 3.63) is 34.4 Å². The maximum atomic E-state index is 13.4. The van der Waals surface area contributed by atoms with Crippen molar-refractivity contribution >= 4 is 23.4 Å². The number of carbonyl (C=O) groups is 2. The Balaban J connectivity index is 2.04. The lowest BCUT2D eigenvalue weighted by atomic mass is 10.1. The van der Waals surface area contributed by atoms with Crippen LogP contribution in [0.5, 0.6) is 0 Å². The van der Waals surface area contributed by atoms with E-state index in [9.17, 15) is 18.4 Å². The van der Waals surface area contributed by atoms with Gasteiger partial charge in [-0.2, -0.15) is 0 Å². The molecular weight excluding hydrogens is 314 g/mol. The Morgan fingerprint density at radius 3 is 2.77 bits per heavy atom. The number of amides is 2. The largest absolute Gasteiger partial charge is 0.350 e. The highest BCUT2D eigenvalue weighted by atomic mass is 35.5. The molecule has 1 aliphatic heterocycles. The van der Waals surface area contributed by atoms with Crippen LogP contribution < -0.4 is 5.32 Å². The summed E-state index contributed by atoms with van der Waals surface area (Å²) >= 11 is 5.71. The number of nitrogens with zero attached hydrogens (tertiary/aromatic N) is 1.